The minimum absolute atomic E-state index is 0.147. The quantitative estimate of drug-likeness (QED) is 0.233. The van der Waals surface area contributed by atoms with Crippen LogP contribution in [-0.2, 0) is 15.9 Å². The third-order valence-electron chi connectivity index (χ3n) is 7.64. The van der Waals surface area contributed by atoms with Gasteiger partial charge in [0.2, 0.25) is 0 Å². The number of hydrogen-bond donors (Lipinski definition) is 0. The lowest BCUT2D eigenvalue weighted by atomic mass is 9.93. The number of unbranched alkanes of at least 4 members (excludes halogenated alkanes) is 6. The molecule has 0 radical (unpaired) electrons. The summed E-state index contributed by atoms with van der Waals surface area (Å²) < 4.78 is 56.1. The molecule has 0 bridgehead atoms. The van der Waals surface area contributed by atoms with E-state index in [1.807, 2.05) is 24.3 Å². The van der Waals surface area contributed by atoms with Crippen LogP contribution in [0.25, 0.3) is 22.3 Å². The summed E-state index contributed by atoms with van der Waals surface area (Å²) >= 11 is 0. The van der Waals surface area contributed by atoms with Crippen LogP contribution in [0.5, 0.6) is 0 Å². The molecule has 1 fully saturated rings. The molecular weight excluding hydrogens is 485 g/mol. The second kappa shape index (κ2) is 13.4. The van der Waals surface area contributed by atoms with Crippen molar-refractivity contribution >= 4 is 0 Å². The molecular formula is C33H39F3O2. The molecule has 4 rings (SSSR count). The Hall–Kier alpha value is -2.63. The second-order valence-electron chi connectivity index (χ2n) is 10.4. The van der Waals surface area contributed by atoms with Crippen LogP contribution in [0.4, 0.5) is 13.2 Å². The maximum absolute atomic E-state index is 15.2. The number of ether oxygens (including phenoxy) is 2. The zero-order valence-electron chi connectivity index (χ0n) is 22.8. The van der Waals surface area contributed by atoms with Crippen LogP contribution in [-0.4, -0.2) is 19.5 Å². The minimum atomic E-state index is -0.884. The zero-order chi connectivity index (χ0) is 27.1. The minimum Gasteiger partial charge on any atom is -0.352 e. The van der Waals surface area contributed by atoms with Crippen molar-refractivity contribution in [3.05, 3.63) is 82.7 Å². The Morgan fingerprint density at radius 1 is 0.684 bits per heavy atom. The Morgan fingerprint density at radius 2 is 1.26 bits per heavy atom. The van der Waals surface area contributed by atoms with Gasteiger partial charge in [-0.15, -0.1) is 0 Å². The van der Waals surface area contributed by atoms with Gasteiger partial charge < -0.3 is 9.47 Å². The Labute approximate surface area is 225 Å². The third-order valence-corrected chi connectivity index (χ3v) is 7.64. The van der Waals surface area contributed by atoms with E-state index in [2.05, 4.69) is 6.92 Å². The lowest BCUT2D eigenvalue weighted by molar-refractivity contribution is -0.176. The van der Waals surface area contributed by atoms with Crippen molar-refractivity contribution in [3.8, 4) is 22.3 Å². The van der Waals surface area contributed by atoms with Gasteiger partial charge in [0.15, 0.2) is 17.9 Å². The fourth-order valence-corrected chi connectivity index (χ4v) is 5.23. The molecule has 0 aromatic heterocycles. The van der Waals surface area contributed by atoms with Crippen LogP contribution in [0, 0.1) is 24.4 Å². The van der Waals surface area contributed by atoms with Gasteiger partial charge in [0.1, 0.15) is 5.82 Å². The van der Waals surface area contributed by atoms with Gasteiger partial charge in [-0.2, -0.15) is 0 Å². The Kier molecular flexibility index (Phi) is 10.0. The molecule has 0 amide bonds. The summed E-state index contributed by atoms with van der Waals surface area (Å²) in [5, 5.41) is 0. The Bertz CT molecular complexity index is 1200. The average Bonchev–Trinajstić information content (AvgIpc) is 2.93. The summed E-state index contributed by atoms with van der Waals surface area (Å²) in [4.78, 5) is 0. The van der Waals surface area contributed by atoms with Gasteiger partial charge in [0.25, 0.3) is 0 Å². The highest BCUT2D eigenvalue weighted by Crippen LogP contribution is 2.34. The second-order valence-corrected chi connectivity index (χ2v) is 10.4. The van der Waals surface area contributed by atoms with Crippen molar-refractivity contribution in [1.29, 1.82) is 0 Å². The molecule has 1 aliphatic heterocycles. The highest BCUT2D eigenvalue weighted by atomic mass is 19.2. The van der Waals surface area contributed by atoms with E-state index in [4.69, 9.17) is 9.47 Å². The van der Waals surface area contributed by atoms with E-state index in [-0.39, 0.29) is 29.2 Å². The molecule has 3 aromatic carbocycles. The monoisotopic (exact) mass is 524 g/mol. The van der Waals surface area contributed by atoms with E-state index in [0.717, 1.165) is 36.0 Å². The van der Waals surface area contributed by atoms with Gasteiger partial charge in [-0.05, 0) is 60.1 Å². The molecule has 3 aromatic rings. The van der Waals surface area contributed by atoms with Crippen LogP contribution >= 0.6 is 0 Å². The molecule has 0 unspecified atom stereocenters. The van der Waals surface area contributed by atoms with Gasteiger partial charge in [0, 0.05) is 11.5 Å². The van der Waals surface area contributed by atoms with Crippen molar-refractivity contribution in [1.82, 2.24) is 0 Å². The van der Waals surface area contributed by atoms with Crippen molar-refractivity contribution in [2.75, 3.05) is 13.2 Å². The molecule has 0 aliphatic carbocycles. The zero-order valence-corrected chi connectivity index (χ0v) is 22.8. The molecule has 0 spiro atoms. The fraction of sp³-hybridized carbons (Fsp3) is 0.455. The summed E-state index contributed by atoms with van der Waals surface area (Å²) in [5.41, 5.74) is 4.05. The highest BCUT2D eigenvalue weighted by Gasteiger charge is 2.26. The average molecular weight is 525 g/mol. The van der Waals surface area contributed by atoms with E-state index in [0.29, 0.717) is 24.3 Å². The van der Waals surface area contributed by atoms with E-state index in [1.54, 1.807) is 38.1 Å². The lowest BCUT2D eigenvalue weighted by Crippen LogP contribution is -2.29. The van der Waals surface area contributed by atoms with Crippen LogP contribution < -0.4 is 0 Å². The number of benzene rings is 3. The smallest absolute Gasteiger partial charge is 0.166 e. The Balaban J connectivity index is 1.44. The number of halogens is 3. The highest BCUT2D eigenvalue weighted by molar-refractivity contribution is 5.73. The molecule has 2 nitrogen and oxygen atoms in total. The summed E-state index contributed by atoms with van der Waals surface area (Å²) in [7, 11) is 0. The largest absolute Gasteiger partial charge is 0.352 e. The third kappa shape index (κ3) is 6.68. The lowest BCUT2D eigenvalue weighted by Gasteiger charge is -2.28. The standard InChI is InChI=1S/C33H39F3O2/c1-4-5-6-7-8-9-10-11-26-16-17-28(22(2)31(26)34)24-12-14-25(15-13-24)29-18-19-30(33(36)32(29)35)27-20-37-23(3)38-21-27/h12-19,23,27H,4-11,20-21H2,1-3H3. The summed E-state index contributed by atoms with van der Waals surface area (Å²) in [6, 6.07) is 14.2. The first-order valence-corrected chi connectivity index (χ1v) is 14.0. The topological polar surface area (TPSA) is 18.5 Å². The van der Waals surface area contributed by atoms with Crippen molar-refractivity contribution in [2.45, 2.75) is 84.3 Å². The van der Waals surface area contributed by atoms with Crippen LogP contribution in [0.3, 0.4) is 0 Å². The summed E-state index contributed by atoms with van der Waals surface area (Å²) in [6.45, 7) is 6.38. The van der Waals surface area contributed by atoms with Crippen molar-refractivity contribution in [2.24, 2.45) is 0 Å². The van der Waals surface area contributed by atoms with Crippen LogP contribution in [0.1, 0.15) is 81.4 Å². The van der Waals surface area contributed by atoms with Crippen LogP contribution in [0.15, 0.2) is 48.5 Å². The van der Waals surface area contributed by atoms with Crippen LogP contribution in [0.2, 0.25) is 0 Å². The first-order valence-electron chi connectivity index (χ1n) is 14.0. The summed E-state index contributed by atoms with van der Waals surface area (Å²) in [5.74, 6) is -2.24. The molecule has 38 heavy (non-hydrogen) atoms. The molecule has 1 saturated heterocycles. The molecule has 0 N–H and O–H groups in total. The number of rotatable bonds is 11. The predicted octanol–water partition coefficient (Wildman–Crippen LogP) is 9.52. The van der Waals surface area contributed by atoms with Gasteiger partial charge in [0.05, 0.1) is 13.2 Å². The number of hydrogen-bond acceptors (Lipinski definition) is 2. The predicted molar refractivity (Wildman–Crippen MR) is 148 cm³/mol. The molecule has 1 heterocycles. The Morgan fingerprint density at radius 3 is 1.92 bits per heavy atom. The van der Waals surface area contributed by atoms with Gasteiger partial charge in [-0.25, -0.2) is 13.2 Å². The molecule has 5 heteroatoms. The summed E-state index contributed by atoms with van der Waals surface area (Å²) in [6.07, 6.45) is 8.83. The van der Waals surface area contributed by atoms with E-state index >= 15 is 8.78 Å². The van der Waals surface area contributed by atoms with E-state index < -0.39 is 11.6 Å². The number of aryl methyl sites for hydroxylation is 1. The van der Waals surface area contributed by atoms with Gasteiger partial charge in [-0.1, -0.05) is 94.0 Å². The van der Waals surface area contributed by atoms with Crippen molar-refractivity contribution < 1.29 is 22.6 Å². The van der Waals surface area contributed by atoms with Gasteiger partial charge >= 0.3 is 0 Å². The SMILES string of the molecule is CCCCCCCCCc1ccc(-c2ccc(-c3ccc(C4COC(C)OC4)c(F)c3F)cc2)c(C)c1F. The first-order chi connectivity index (χ1) is 18.4. The maximum atomic E-state index is 15.2. The van der Waals surface area contributed by atoms with Crippen molar-refractivity contribution in [3.63, 3.8) is 0 Å². The maximum Gasteiger partial charge on any atom is 0.166 e. The first kappa shape index (κ1) is 28.4. The van der Waals surface area contributed by atoms with E-state index in [9.17, 15) is 4.39 Å². The molecule has 1 aliphatic rings. The van der Waals surface area contributed by atoms with E-state index in [1.165, 1.54) is 32.1 Å². The fourth-order valence-electron chi connectivity index (χ4n) is 5.23. The molecule has 204 valence electrons. The normalized spacial score (nSPS) is 17.6. The molecule has 0 saturated carbocycles. The molecule has 0 atom stereocenters. The van der Waals surface area contributed by atoms with Gasteiger partial charge in [-0.3, -0.25) is 0 Å².